The second kappa shape index (κ2) is 9.33. The highest BCUT2D eigenvalue weighted by Gasteiger charge is 2.58. The van der Waals surface area contributed by atoms with Gasteiger partial charge in [0.25, 0.3) is 0 Å². The number of aromatic nitrogens is 2. The fourth-order valence-corrected chi connectivity index (χ4v) is 6.63. The van der Waals surface area contributed by atoms with Gasteiger partial charge in [-0.1, -0.05) is 50.2 Å². The van der Waals surface area contributed by atoms with E-state index in [1.54, 1.807) is 12.3 Å². The van der Waals surface area contributed by atoms with Gasteiger partial charge >= 0.3 is 6.41 Å². The second-order valence-corrected chi connectivity index (χ2v) is 10.4. The minimum atomic E-state index is -1.09. The molecule has 2 saturated heterocycles. The van der Waals surface area contributed by atoms with Gasteiger partial charge < -0.3 is 10.0 Å². The predicted molar refractivity (Wildman–Crippen MR) is 132 cm³/mol. The molecule has 2 aliphatic heterocycles. The van der Waals surface area contributed by atoms with E-state index in [0.29, 0.717) is 37.6 Å². The van der Waals surface area contributed by atoms with Crippen LogP contribution in [-0.2, 0) is 10.4 Å². The summed E-state index contributed by atoms with van der Waals surface area (Å²) in [6, 6.07) is 16.6. The van der Waals surface area contributed by atoms with Gasteiger partial charge in [-0.2, -0.15) is 5.10 Å². The zero-order valence-corrected chi connectivity index (χ0v) is 20.5. The lowest BCUT2D eigenvalue weighted by Gasteiger charge is -2.53. The summed E-state index contributed by atoms with van der Waals surface area (Å²) >= 11 is 0. The molecule has 0 spiro atoms. The standard InChI is InChI=1S/C28H31F2N4O2/c1-19-16-34(18-35,17-20(2)28(19,36)21-7-4-3-5-8-21)26-15-33(27-9-6-12-31-32-27)14-24(26)23-11-10-22(29)13-25(23)30/h3-13,18-20,24,26,36H,14-17H2,1-2H3/q+1/t19-,20-,24?,26-,28?,34?/m0/s1. The third-order valence-electron chi connectivity index (χ3n) is 8.37. The molecule has 2 fully saturated rings. The minimum absolute atomic E-state index is 0.0791. The lowest BCUT2D eigenvalue weighted by atomic mass is 9.69. The van der Waals surface area contributed by atoms with Gasteiger partial charge in [-0.15, -0.1) is 5.10 Å². The molecule has 6 nitrogen and oxygen atoms in total. The first-order chi connectivity index (χ1) is 17.3. The van der Waals surface area contributed by atoms with Crippen LogP contribution in [0.4, 0.5) is 14.6 Å². The van der Waals surface area contributed by atoms with Crippen molar-refractivity contribution in [2.75, 3.05) is 31.1 Å². The van der Waals surface area contributed by atoms with Gasteiger partial charge in [-0.05, 0) is 29.3 Å². The summed E-state index contributed by atoms with van der Waals surface area (Å²) in [6.45, 7) is 5.63. The van der Waals surface area contributed by atoms with Crippen LogP contribution in [0.3, 0.4) is 0 Å². The number of halogens is 2. The Morgan fingerprint density at radius 1 is 1.03 bits per heavy atom. The lowest BCUT2D eigenvalue weighted by Crippen LogP contribution is -2.68. The summed E-state index contributed by atoms with van der Waals surface area (Å²) in [5.41, 5.74) is 0.130. The van der Waals surface area contributed by atoms with E-state index in [2.05, 4.69) is 10.2 Å². The van der Waals surface area contributed by atoms with E-state index in [1.807, 2.05) is 55.1 Å². The highest BCUT2D eigenvalue weighted by Crippen LogP contribution is 2.47. The van der Waals surface area contributed by atoms with Crippen LogP contribution in [0.25, 0.3) is 0 Å². The molecule has 8 heteroatoms. The average Bonchev–Trinajstić information content (AvgIpc) is 3.34. The first-order valence-corrected chi connectivity index (χ1v) is 12.4. The van der Waals surface area contributed by atoms with Gasteiger partial charge in [0.2, 0.25) is 0 Å². The lowest BCUT2D eigenvalue weighted by molar-refractivity contribution is -0.886. The van der Waals surface area contributed by atoms with Crippen molar-refractivity contribution >= 4 is 12.2 Å². The smallest absolute Gasteiger partial charge is 0.301 e. The van der Waals surface area contributed by atoms with Gasteiger partial charge in [0, 0.05) is 30.6 Å². The average molecular weight is 494 g/mol. The van der Waals surface area contributed by atoms with Crippen LogP contribution in [-0.4, -0.2) is 58.4 Å². The van der Waals surface area contributed by atoms with E-state index in [9.17, 15) is 14.3 Å². The molecule has 36 heavy (non-hydrogen) atoms. The largest absolute Gasteiger partial charge is 0.384 e. The second-order valence-electron chi connectivity index (χ2n) is 10.4. The quantitative estimate of drug-likeness (QED) is 0.432. The SMILES string of the molecule is C[C@H]1C[N+](C=O)([C@H]2CN(c3cccnn3)CC2c2ccc(F)cc2F)C[C@H](C)C1(O)c1ccccc1. The van der Waals surface area contributed by atoms with Crippen molar-refractivity contribution in [3.63, 3.8) is 0 Å². The van der Waals surface area contributed by atoms with E-state index < -0.39 is 17.2 Å². The van der Waals surface area contributed by atoms with Crippen LogP contribution in [0.5, 0.6) is 0 Å². The van der Waals surface area contributed by atoms with Crippen LogP contribution in [0.1, 0.15) is 30.9 Å². The number of aliphatic hydroxyl groups is 1. The van der Waals surface area contributed by atoms with E-state index in [4.69, 9.17) is 0 Å². The maximum atomic E-state index is 15.1. The van der Waals surface area contributed by atoms with Crippen LogP contribution in [0.15, 0.2) is 66.9 Å². The molecule has 1 N–H and O–H groups in total. The summed E-state index contributed by atoms with van der Waals surface area (Å²) in [6.07, 6.45) is 2.56. The topological polar surface area (TPSA) is 66.3 Å². The maximum Gasteiger partial charge on any atom is 0.301 e. The Kier molecular flexibility index (Phi) is 6.34. The highest BCUT2D eigenvalue weighted by molar-refractivity contribution is 5.45. The normalized spacial score (nSPS) is 32.4. The van der Waals surface area contributed by atoms with Crippen molar-refractivity contribution in [3.8, 4) is 0 Å². The summed E-state index contributed by atoms with van der Waals surface area (Å²) < 4.78 is 28.9. The number of quaternary nitrogens is 1. The number of piperidine rings is 1. The molecule has 1 unspecified atom stereocenters. The number of hydrogen-bond acceptors (Lipinski definition) is 5. The monoisotopic (exact) mass is 493 g/mol. The van der Waals surface area contributed by atoms with Crippen molar-refractivity contribution < 1.29 is 23.2 Å². The van der Waals surface area contributed by atoms with Gasteiger partial charge in [-0.25, -0.2) is 13.6 Å². The van der Waals surface area contributed by atoms with Crippen molar-refractivity contribution in [2.45, 2.75) is 31.4 Å². The molecule has 1 amide bonds. The molecule has 2 aliphatic rings. The number of rotatable bonds is 5. The van der Waals surface area contributed by atoms with E-state index in [1.165, 1.54) is 12.1 Å². The fraction of sp³-hybridized carbons (Fsp3) is 0.393. The number of carbonyl (C=O) groups is 1. The zero-order chi connectivity index (χ0) is 25.5. The Morgan fingerprint density at radius 2 is 1.75 bits per heavy atom. The van der Waals surface area contributed by atoms with Gasteiger partial charge in [-0.3, -0.25) is 4.48 Å². The molecule has 188 valence electrons. The number of nitrogens with zero attached hydrogens (tertiary/aromatic N) is 4. The Morgan fingerprint density at radius 3 is 2.36 bits per heavy atom. The summed E-state index contributed by atoms with van der Waals surface area (Å²) in [5, 5.41) is 20.1. The van der Waals surface area contributed by atoms with Crippen molar-refractivity contribution in [2.24, 2.45) is 11.8 Å². The number of benzene rings is 2. The third-order valence-corrected chi connectivity index (χ3v) is 8.37. The van der Waals surface area contributed by atoms with E-state index in [0.717, 1.165) is 18.0 Å². The van der Waals surface area contributed by atoms with Crippen LogP contribution in [0.2, 0.25) is 0 Å². The zero-order valence-electron chi connectivity index (χ0n) is 20.5. The van der Waals surface area contributed by atoms with E-state index in [-0.39, 0.29) is 28.3 Å². The molecular formula is C28H31F2N4O2+. The fourth-order valence-electron chi connectivity index (χ4n) is 6.63. The van der Waals surface area contributed by atoms with Crippen molar-refractivity contribution in [1.29, 1.82) is 0 Å². The highest BCUT2D eigenvalue weighted by atomic mass is 19.1. The first-order valence-electron chi connectivity index (χ1n) is 12.4. The Hall–Kier alpha value is -3.23. The predicted octanol–water partition coefficient (Wildman–Crippen LogP) is 3.87. The number of likely N-dealkylation sites (tertiary alicyclic amines) is 1. The molecular weight excluding hydrogens is 462 g/mol. The molecule has 0 radical (unpaired) electrons. The van der Waals surface area contributed by atoms with Gasteiger partial charge in [0.1, 0.15) is 23.3 Å². The van der Waals surface area contributed by atoms with Crippen molar-refractivity contribution in [1.82, 2.24) is 10.2 Å². The maximum absolute atomic E-state index is 15.1. The third kappa shape index (κ3) is 3.98. The molecule has 3 heterocycles. The number of anilines is 1. The summed E-state index contributed by atoms with van der Waals surface area (Å²) in [7, 11) is 0. The molecule has 0 saturated carbocycles. The Balaban J connectivity index is 1.55. The van der Waals surface area contributed by atoms with Crippen LogP contribution < -0.4 is 4.90 Å². The number of carbonyl (C=O) groups excluding carboxylic acids is 1. The molecule has 1 aromatic heterocycles. The number of amides is 1. The molecule has 4 atom stereocenters. The molecule has 2 aromatic carbocycles. The molecule has 0 bridgehead atoms. The molecule has 5 rings (SSSR count). The Labute approximate surface area is 209 Å². The minimum Gasteiger partial charge on any atom is -0.384 e. The molecule has 3 aromatic rings. The Bertz CT molecular complexity index is 1210. The summed E-state index contributed by atoms with van der Waals surface area (Å²) in [5.74, 6) is -1.45. The van der Waals surface area contributed by atoms with E-state index >= 15 is 4.39 Å². The molecule has 0 aliphatic carbocycles. The summed E-state index contributed by atoms with van der Waals surface area (Å²) in [4.78, 5) is 15.0. The number of hydrogen-bond donors (Lipinski definition) is 1. The van der Waals surface area contributed by atoms with Crippen molar-refractivity contribution in [3.05, 3.63) is 89.6 Å². The van der Waals surface area contributed by atoms with Crippen LogP contribution in [0, 0.1) is 23.5 Å². The first kappa shape index (κ1) is 24.5. The van der Waals surface area contributed by atoms with Gasteiger partial charge in [0.05, 0.1) is 25.6 Å². The van der Waals surface area contributed by atoms with Gasteiger partial charge in [0.15, 0.2) is 5.82 Å². The van der Waals surface area contributed by atoms with Crippen LogP contribution >= 0.6 is 0 Å².